The summed E-state index contributed by atoms with van der Waals surface area (Å²) in [6.45, 7) is 0.373. The van der Waals surface area contributed by atoms with Crippen molar-refractivity contribution in [1.82, 2.24) is 20.0 Å². The smallest absolute Gasteiger partial charge is 0.277 e. The highest BCUT2D eigenvalue weighted by Crippen LogP contribution is 2.24. The van der Waals surface area contributed by atoms with Crippen LogP contribution in [0.2, 0.25) is 0 Å². The molecule has 0 bridgehead atoms. The zero-order valence-electron chi connectivity index (χ0n) is 16.6. The van der Waals surface area contributed by atoms with Gasteiger partial charge in [-0.05, 0) is 54.1 Å². The van der Waals surface area contributed by atoms with Crippen LogP contribution < -0.4 is 15.4 Å². The summed E-state index contributed by atoms with van der Waals surface area (Å²) in [5, 5.41) is 13.9. The maximum Gasteiger partial charge on any atom is 0.277 e. The van der Waals surface area contributed by atoms with Crippen molar-refractivity contribution in [3.8, 4) is 5.75 Å². The number of hydrogen-bond donors (Lipinski definition) is 2. The van der Waals surface area contributed by atoms with E-state index in [0.717, 1.165) is 17.0 Å². The van der Waals surface area contributed by atoms with Gasteiger partial charge in [-0.25, -0.2) is 14.1 Å². The van der Waals surface area contributed by atoms with Gasteiger partial charge in [0.25, 0.3) is 5.91 Å². The number of ether oxygens (including phenoxy) is 1. The van der Waals surface area contributed by atoms with Gasteiger partial charge in [-0.15, -0.1) is 5.10 Å². The lowest BCUT2D eigenvalue weighted by atomic mass is 10.2. The van der Waals surface area contributed by atoms with Crippen molar-refractivity contribution >= 4 is 23.1 Å². The second kappa shape index (κ2) is 9.04. The minimum Gasteiger partial charge on any atom is -0.497 e. The molecule has 31 heavy (non-hydrogen) atoms. The minimum absolute atomic E-state index is 0.154. The number of carbonyl (C=O) groups is 1. The molecule has 1 amide bonds. The summed E-state index contributed by atoms with van der Waals surface area (Å²) >= 11 is 0. The summed E-state index contributed by atoms with van der Waals surface area (Å²) < 4.78 is 19.7. The summed E-state index contributed by atoms with van der Waals surface area (Å²) in [4.78, 5) is 17.0. The van der Waals surface area contributed by atoms with Crippen molar-refractivity contribution < 1.29 is 13.9 Å². The van der Waals surface area contributed by atoms with Gasteiger partial charge in [0, 0.05) is 11.9 Å². The van der Waals surface area contributed by atoms with E-state index >= 15 is 0 Å². The van der Waals surface area contributed by atoms with Gasteiger partial charge in [-0.3, -0.25) is 4.79 Å². The third kappa shape index (κ3) is 5.02. The number of aromatic nitrogens is 4. The SMILES string of the molecule is COc1ccc(Nc2ncccc2NC(=O)c2cn(Cc3ccc(F)cc3)nn2)cc1. The third-order valence-electron chi connectivity index (χ3n) is 4.44. The topological polar surface area (TPSA) is 94.0 Å². The number of nitrogens with zero attached hydrogens (tertiary/aromatic N) is 4. The van der Waals surface area contributed by atoms with Gasteiger partial charge in [-0.1, -0.05) is 17.3 Å². The molecule has 0 aliphatic carbocycles. The first-order chi connectivity index (χ1) is 15.1. The first kappa shape index (κ1) is 20.0. The molecule has 4 rings (SSSR count). The summed E-state index contributed by atoms with van der Waals surface area (Å²) in [5.74, 6) is 0.498. The van der Waals surface area contributed by atoms with Gasteiger partial charge in [-0.2, -0.15) is 0 Å². The van der Waals surface area contributed by atoms with Gasteiger partial charge in [0.05, 0.1) is 25.5 Å². The second-order valence-corrected chi connectivity index (χ2v) is 6.64. The minimum atomic E-state index is -0.420. The van der Waals surface area contributed by atoms with Crippen molar-refractivity contribution in [2.75, 3.05) is 17.7 Å². The number of pyridine rings is 1. The zero-order chi connectivity index (χ0) is 21.6. The lowest BCUT2D eigenvalue weighted by Crippen LogP contribution is -2.14. The normalized spacial score (nSPS) is 10.5. The quantitative estimate of drug-likeness (QED) is 0.473. The molecule has 2 aromatic carbocycles. The largest absolute Gasteiger partial charge is 0.497 e. The van der Waals surface area contributed by atoms with E-state index in [1.165, 1.54) is 23.0 Å². The molecule has 9 heteroatoms. The maximum atomic E-state index is 13.0. The Bertz CT molecular complexity index is 1180. The van der Waals surface area contributed by atoms with Crippen molar-refractivity contribution in [2.45, 2.75) is 6.54 Å². The Labute approximate surface area is 177 Å². The summed E-state index contributed by atoms with van der Waals surface area (Å²) in [6, 6.07) is 16.9. The average molecular weight is 418 g/mol. The van der Waals surface area contributed by atoms with Gasteiger partial charge >= 0.3 is 0 Å². The molecule has 0 unspecified atom stereocenters. The van der Waals surface area contributed by atoms with Gasteiger partial charge in [0.1, 0.15) is 11.6 Å². The molecule has 156 valence electrons. The van der Waals surface area contributed by atoms with Crippen LogP contribution in [-0.4, -0.2) is 33.0 Å². The highest BCUT2D eigenvalue weighted by molar-refractivity contribution is 6.04. The van der Waals surface area contributed by atoms with E-state index in [2.05, 4.69) is 25.9 Å². The van der Waals surface area contributed by atoms with Gasteiger partial charge in [0.15, 0.2) is 11.5 Å². The lowest BCUT2D eigenvalue weighted by molar-refractivity contribution is 0.102. The van der Waals surface area contributed by atoms with Crippen molar-refractivity contribution in [3.63, 3.8) is 0 Å². The number of amides is 1. The van der Waals surface area contributed by atoms with E-state index in [1.54, 1.807) is 37.6 Å². The molecule has 0 aliphatic heterocycles. The Morgan fingerprint density at radius 2 is 1.87 bits per heavy atom. The molecule has 2 heterocycles. The second-order valence-electron chi connectivity index (χ2n) is 6.64. The van der Waals surface area contributed by atoms with Crippen molar-refractivity contribution in [2.24, 2.45) is 0 Å². The van der Waals surface area contributed by atoms with Gasteiger partial charge < -0.3 is 15.4 Å². The molecular weight excluding hydrogens is 399 g/mol. The van der Waals surface area contributed by atoms with Crippen LogP contribution >= 0.6 is 0 Å². The number of nitrogens with one attached hydrogen (secondary N) is 2. The molecule has 8 nitrogen and oxygen atoms in total. The van der Waals surface area contributed by atoms with Gasteiger partial charge in [0.2, 0.25) is 0 Å². The third-order valence-corrected chi connectivity index (χ3v) is 4.44. The van der Waals surface area contributed by atoms with Crippen LogP contribution in [-0.2, 0) is 6.54 Å². The van der Waals surface area contributed by atoms with Crippen molar-refractivity contribution in [1.29, 1.82) is 0 Å². The highest BCUT2D eigenvalue weighted by atomic mass is 19.1. The Balaban J connectivity index is 1.45. The monoisotopic (exact) mass is 418 g/mol. The van der Waals surface area contributed by atoms with E-state index in [9.17, 15) is 9.18 Å². The lowest BCUT2D eigenvalue weighted by Gasteiger charge is -2.11. The van der Waals surface area contributed by atoms with Crippen LogP contribution in [0.15, 0.2) is 73.1 Å². The Hall–Kier alpha value is -4.27. The number of anilines is 3. The summed E-state index contributed by atoms with van der Waals surface area (Å²) in [7, 11) is 1.60. The van der Waals surface area contributed by atoms with Crippen LogP contribution in [0.25, 0.3) is 0 Å². The van der Waals surface area contributed by atoms with Crippen molar-refractivity contribution in [3.05, 3.63) is 90.1 Å². The molecule has 0 atom stereocenters. The maximum absolute atomic E-state index is 13.0. The average Bonchev–Trinajstić information content (AvgIpc) is 3.26. The fourth-order valence-corrected chi connectivity index (χ4v) is 2.86. The molecular formula is C22H19FN6O2. The predicted octanol–water partition coefficient (Wildman–Crippen LogP) is 3.87. The number of carbonyl (C=O) groups excluding carboxylic acids is 1. The Kier molecular flexibility index (Phi) is 5.84. The Morgan fingerprint density at radius 3 is 2.61 bits per heavy atom. The number of methoxy groups -OCH3 is 1. The first-order valence-corrected chi connectivity index (χ1v) is 9.43. The molecule has 0 radical (unpaired) electrons. The van der Waals surface area contributed by atoms with E-state index in [-0.39, 0.29) is 11.5 Å². The fraction of sp³-hybridized carbons (Fsp3) is 0.0909. The van der Waals surface area contributed by atoms with E-state index in [4.69, 9.17) is 4.74 Å². The molecule has 0 saturated carbocycles. The van der Waals surface area contributed by atoms with Crippen LogP contribution in [0.3, 0.4) is 0 Å². The number of hydrogen-bond acceptors (Lipinski definition) is 6. The van der Waals surface area contributed by atoms with E-state index in [0.29, 0.717) is 18.1 Å². The predicted molar refractivity (Wildman–Crippen MR) is 114 cm³/mol. The molecule has 4 aromatic rings. The Morgan fingerprint density at radius 1 is 1.10 bits per heavy atom. The molecule has 0 saturated heterocycles. The molecule has 2 aromatic heterocycles. The molecule has 0 spiro atoms. The first-order valence-electron chi connectivity index (χ1n) is 9.43. The highest BCUT2D eigenvalue weighted by Gasteiger charge is 2.14. The van der Waals surface area contributed by atoms with Crippen LogP contribution in [0, 0.1) is 5.82 Å². The molecule has 2 N–H and O–H groups in total. The van der Waals surface area contributed by atoms with E-state index in [1.807, 2.05) is 24.3 Å². The summed E-state index contributed by atoms with van der Waals surface area (Å²) in [5.41, 5.74) is 2.29. The standard InChI is InChI=1S/C22H19FN6O2/c1-31-18-10-8-17(9-11-18)25-21-19(3-2-12-24-21)26-22(30)20-14-29(28-27-20)13-15-4-6-16(23)7-5-15/h2-12,14H,13H2,1H3,(H,24,25)(H,26,30). The van der Waals surface area contributed by atoms with Crippen LogP contribution in [0.4, 0.5) is 21.6 Å². The molecule has 0 aliphatic rings. The fourth-order valence-electron chi connectivity index (χ4n) is 2.86. The summed E-state index contributed by atoms with van der Waals surface area (Å²) in [6.07, 6.45) is 3.16. The number of rotatable bonds is 7. The zero-order valence-corrected chi connectivity index (χ0v) is 16.6. The number of halogens is 1. The van der Waals surface area contributed by atoms with Crippen LogP contribution in [0.1, 0.15) is 16.1 Å². The molecule has 0 fully saturated rings. The number of benzene rings is 2. The van der Waals surface area contributed by atoms with Crippen LogP contribution in [0.5, 0.6) is 5.75 Å². The van der Waals surface area contributed by atoms with E-state index < -0.39 is 5.91 Å².